The topological polar surface area (TPSA) is 52.6 Å². The summed E-state index contributed by atoms with van der Waals surface area (Å²) >= 11 is 0. The average Bonchev–Trinajstić information content (AvgIpc) is 3.18. The van der Waals surface area contributed by atoms with Crippen molar-refractivity contribution in [1.82, 2.24) is 0 Å². The zero-order chi connectivity index (χ0) is 17.7. The van der Waals surface area contributed by atoms with Gasteiger partial charge in [0, 0.05) is 5.56 Å². The number of methoxy groups -OCH3 is 1. The van der Waals surface area contributed by atoms with Gasteiger partial charge >= 0.3 is 5.97 Å². The van der Waals surface area contributed by atoms with E-state index in [9.17, 15) is 9.59 Å². The minimum absolute atomic E-state index is 0.211. The van der Waals surface area contributed by atoms with E-state index in [1.54, 1.807) is 31.4 Å². The van der Waals surface area contributed by atoms with Crippen LogP contribution in [0.5, 0.6) is 5.75 Å². The van der Waals surface area contributed by atoms with E-state index in [1.807, 2.05) is 30.3 Å². The lowest BCUT2D eigenvalue weighted by Crippen LogP contribution is -2.35. The molecule has 25 heavy (non-hydrogen) atoms. The predicted octanol–water partition coefficient (Wildman–Crippen LogP) is 3.93. The van der Waals surface area contributed by atoms with Gasteiger partial charge in [0.2, 0.25) is 0 Å². The smallest absolute Gasteiger partial charge is 0.317 e. The molecule has 130 valence electrons. The summed E-state index contributed by atoms with van der Waals surface area (Å²) in [6.07, 6.45) is 3.53. The molecule has 0 heterocycles. The van der Waals surface area contributed by atoms with Crippen LogP contribution in [0.2, 0.25) is 0 Å². The Morgan fingerprint density at radius 2 is 1.60 bits per heavy atom. The Balaban J connectivity index is 1.69. The van der Waals surface area contributed by atoms with E-state index >= 15 is 0 Å². The first-order valence-corrected chi connectivity index (χ1v) is 8.56. The number of hydrogen-bond acceptors (Lipinski definition) is 4. The van der Waals surface area contributed by atoms with Crippen LogP contribution in [0.25, 0.3) is 0 Å². The van der Waals surface area contributed by atoms with Crippen LogP contribution in [-0.2, 0) is 14.9 Å². The molecule has 0 saturated heterocycles. The largest absolute Gasteiger partial charge is 0.497 e. The van der Waals surface area contributed by atoms with Gasteiger partial charge in [0.25, 0.3) is 0 Å². The number of esters is 1. The molecule has 1 aliphatic carbocycles. The van der Waals surface area contributed by atoms with Gasteiger partial charge in [-0.2, -0.15) is 0 Å². The molecular weight excluding hydrogens is 316 g/mol. The van der Waals surface area contributed by atoms with E-state index in [0.717, 1.165) is 31.2 Å². The van der Waals surface area contributed by atoms with Crippen molar-refractivity contribution in [2.24, 2.45) is 0 Å². The number of carbonyl (C=O) groups excluding carboxylic acids is 2. The van der Waals surface area contributed by atoms with Crippen molar-refractivity contribution < 1.29 is 19.1 Å². The summed E-state index contributed by atoms with van der Waals surface area (Å²) in [4.78, 5) is 25.1. The zero-order valence-electron chi connectivity index (χ0n) is 14.4. The highest BCUT2D eigenvalue weighted by Gasteiger charge is 2.44. The summed E-state index contributed by atoms with van der Waals surface area (Å²) in [7, 11) is 1.57. The number of ketones is 1. The Bertz CT molecular complexity index is 728. The number of hydrogen-bond donors (Lipinski definition) is 0. The minimum atomic E-state index is -0.610. The minimum Gasteiger partial charge on any atom is -0.497 e. The highest BCUT2D eigenvalue weighted by atomic mass is 16.5. The van der Waals surface area contributed by atoms with Crippen LogP contribution >= 0.6 is 0 Å². The fraction of sp³-hybridized carbons (Fsp3) is 0.333. The number of Topliss-reactive ketones (excluding diaryl/α,β-unsaturated/α-hetero) is 1. The Hall–Kier alpha value is -2.62. The van der Waals surface area contributed by atoms with Gasteiger partial charge in [-0.05, 0) is 42.7 Å². The van der Waals surface area contributed by atoms with Crippen molar-refractivity contribution in [3.8, 4) is 5.75 Å². The fourth-order valence-electron chi connectivity index (χ4n) is 3.48. The van der Waals surface area contributed by atoms with Crippen LogP contribution in [0.15, 0.2) is 54.6 Å². The molecule has 2 aromatic carbocycles. The molecule has 0 N–H and O–H groups in total. The maximum absolute atomic E-state index is 12.8. The van der Waals surface area contributed by atoms with Crippen LogP contribution in [0, 0.1) is 0 Å². The molecule has 2 aromatic rings. The molecule has 1 fully saturated rings. The Morgan fingerprint density at radius 1 is 0.960 bits per heavy atom. The molecule has 4 heteroatoms. The van der Waals surface area contributed by atoms with E-state index in [0.29, 0.717) is 11.3 Å². The summed E-state index contributed by atoms with van der Waals surface area (Å²) in [5, 5.41) is 0. The molecule has 0 unspecified atom stereocenters. The van der Waals surface area contributed by atoms with Crippen molar-refractivity contribution in [3.63, 3.8) is 0 Å². The summed E-state index contributed by atoms with van der Waals surface area (Å²) in [5.74, 6) is 0.179. The number of ether oxygens (including phenoxy) is 2. The zero-order valence-corrected chi connectivity index (χ0v) is 14.4. The average molecular weight is 338 g/mol. The van der Waals surface area contributed by atoms with Crippen molar-refractivity contribution in [1.29, 1.82) is 0 Å². The van der Waals surface area contributed by atoms with Crippen molar-refractivity contribution in [2.45, 2.75) is 31.1 Å². The van der Waals surface area contributed by atoms with Gasteiger partial charge in [-0.1, -0.05) is 43.2 Å². The molecule has 0 aliphatic heterocycles. The molecule has 0 bridgehead atoms. The van der Waals surface area contributed by atoms with Gasteiger partial charge in [0.1, 0.15) is 5.75 Å². The Labute approximate surface area is 147 Å². The summed E-state index contributed by atoms with van der Waals surface area (Å²) in [6.45, 7) is -0.236. The lowest BCUT2D eigenvalue weighted by Gasteiger charge is -2.27. The first-order valence-electron chi connectivity index (χ1n) is 8.56. The molecule has 0 amide bonds. The van der Waals surface area contributed by atoms with Crippen molar-refractivity contribution in [2.75, 3.05) is 13.7 Å². The Morgan fingerprint density at radius 3 is 2.20 bits per heavy atom. The first-order chi connectivity index (χ1) is 12.2. The highest BCUT2D eigenvalue weighted by Crippen LogP contribution is 2.42. The van der Waals surface area contributed by atoms with E-state index in [-0.39, 0.29) is 18.4 Å². The molecule has 1 saturated carbocycles. The quantitative estimate of drug-likeness (QED) is 0.591. The van der Waals surface area contributed by atoms with Crippen LogP contribution < -0.4 is 4.74 Å². The second-order valence-electron chi connectivity index (χ2n) is 6.38. The molecular formula is C21H22O4. The second kappa shape index (κ2) is 7.51. The van der Waals surface area contributed by atoms with E-state index in [2.05, 4.69) is 0 Å². The predicted molar refractivity (Wildman–Crippen MR) is 94.9 cm³/mol. The standard InChI is InChI=1S/C21H22O4/c1-24-18-11-9-16(10-12-18)19(22)15-25-20(23)21(13-5-6-14-21)17-7-3-2-4-8-17/h2-4,7-12H,5-6,13-15H2,1H3. The molecule has 3 rings (SSSR count). The van der Waals surface area contributed by atoms with Gasteiger partial charge in [0.15, 0.2) is 12.4 Å². The van der Waals surface area contributed by atoms with Gasteiger partial charge in [-0.3, -0.25) is 9.59 Å². The molecule has 0 radical (unpaired) electrons. The normalized spacial score (nSPS) is 15.6. The van der Waals surface area contributed by atoms with Crippen LogP contribution in [0.3, 0.4) is 0 Å². The lowest BCUT2D eigenvalue weighted by molar-refractivity contribution is -0.149. The van der Waals surface area contributed by atoms with Gasteiger partial charge in [-0.25, -0.2) is 0 Å². The van der Waals surface area contributed by atoms with Crippen LogP contribution in [0.4, 0.5) is 0 Å². The SMILES string of the molecule is COc1ccc(C(=O)COC(=O)C2(c3ccccc3)CCCC2)cc1. The fourth-order valence-corrected chi connectivity index (χ4v) is 3.48. The summed E-state index contributed by atoms with van der Waals surface area (Å²) < 4.78 is 10.5. The third-order valence-electron chi connectivity index (χ3n) is 4.92. The molecule has 0 aromatic heterocycles. The number of carbonyl (C=O) groups is 2. The molecule has 1 aliphatic rings. The van der Waals surface area contributed by atoms with E-state index < -0.39 is 5.41 Å². The lowest BCUT2D eigenvalue weighted by atomic mass is 9.79. The summed E-state index contributed by atoms with van der Waals surface area (Å²) in [5.41, 5.74) is 0.879. The Kier molecular flexibility index (Phi) is 5.17. The molecule has 0 atom stereocenters. The van der Waals surface area contributed by atoms with Gasteiger partial charge in [-0.15, -0.1) is 0 Å². The maximum atomic E-state index is 12.8. The number of benzene rings is 2. The van der Waals surface area contributed by atoms with Gasteiger partial charge in [0.05, 0.1) is 12.5 Å². The van der Waals surface area contributed by atoms with Crippen LogP contribution in [0.1, 0.15) is 41.6 Å². The van der Waals surface area contributed by atoms with Crippen molar-refractivity contribution >= 4 is 11.8 Å². The second-order valence-corrected chi connectivity index (χ2v) is 6.38. The first kappa shape index (κ1) is 17.2. The molecule has 0 spiro atoms. The third-order valence-corrected chi connectivity index (χ3v) is 4.92. The summed E-state index contributed by atoms with van der Waals surface area (Å²) in [6, 6.07) is 16.5. The highest BCUT2D eigenvalue weighted by molar-refractivity contribution is 5.98. The third kappa shape index (κ3) is 3.58. The van der Waals surface area contributed by atoms with Gasteiger partial charge < -0.3 is 9.47 Å². The number of rotatable bonds is 6. The van der Waals surface area contributed by atoms with Crippen LogP contribution in [-0.4, -0.2) is 25.5 Å². The van der Waals surface area contributed by atoms with E-state index in [4.69, 9.17) is 9.47 Å². The monoisotopic (exact) mass is 338 g/mol. The maximum Gasteiger partial charge on any atom is 0.317 e. The van der Waals surface area contributed by atoms with E-state index in [1.165, 1.54) is 0 Å². The molecule has 4 nitrogen and oxygen atoms in total. The van der Waals surface area contributed by atoms with Crippen molar-refractivity contribution in [3.05, 3.63) is 65.7 Å².